The molecule has 1 aliphatic rings. The molecule has 3 heteroatoms. The summed E-state index contributed by atoms with van der Waals surface area (Å²) in [7, 11) is 0. The number of hydrogen-bond donors (Lipinski definition) is 2. The Morgan fingerprint density at radius 1 is 1.30 bits per heavy atom. The van der Waals surface area contributed by atoms with Gasteiger partial charge in [0, 0.05) is 37.2 Å². The molecule has 20 heavy (non-hydrogen) atoms. The molecule has 104 valence electrons. The fraction of sp³-hybridized carbons (Fsp3) is 0.353. The highest BCUT2D eigenvalue weighted by Gasteiger charge is 2.13. The van der Waals surface area contributed by atoms with E-state index in [-0.39, 0.29) is 0 Å². The second-order valence-corrected chi connectivity index (χ2v) is 5.37. The minimum absolute atomic E-state index is 0.308. The van der Waals surface area contributed by atoms with Crippen molar-refractivity contribution in [2.45, 2.75) is 32.4 Å². The molecule has 1 aromatic carbocycles. The van der Waals surface area contributed by atoms with Crippen LogP contribution in [0.25, 0.3) is 0 Å². The number of pyridine rings is 1. The highest BCUT2D eigenvalue weighted by molar-refractivity contribution is 5.59. The summed E-state index contributed by atoms with van der Waals surface area (Å²) in [4.78, 5) is 4.18. The van der Waals surface area contributed by atoms with Crippen molar-refractivity contribution in [3.05, 3.63) is 59.4 Å². The van der Waals surface area contributed by atoms with E-state index in [1.165, 1.54) is 35.2 Å². The van der Waals surface area contributed by atoms with Crippen LogP contribution in [0.2, 0.25) is 0 Å². The molecule has 0 fully saturated rings. The van der Waals surface area contributed by atoms with Crippen LogP contribution in [0.3, 0.4) is 0 Å². The van der Waals surface area contributed by atoms with E-state index in [0.717, 1.165) is 13.1 Å². The van der Waals surface area contributed by atoms with Gasteiger partial charge in [-0.1, -0.05) is 24.3 Å². The molecule has 0 aliphatic carbocycles. The first-order valence-electron chi connectivity index (χ1n) is 7.32. The van der Waals surface area contributed by atoms with E-state index in [9.17, 15) is 0 Å². The van der Waals surface area contributed by atoms with Gasteiger partial charge in [-0.2, -0.15) is 0 Å². The lowest BCUT2D eigenvalue weighted by molar-refractivity contribution is 0.572. The molecule has 0 saturated carbocycles. The Balaban J connectivity index is 1.70. The third-order valence-electron chi connectivity index (χ3n) is 3.94. The summed E-state index contributed by atoms with van der Waals surface area (Å²) in [6.07, 6.45) is 6.16. The Morgan fingerprint density at radius 3 is 3.10 bits per heavy atom. The third-order valence-corrected chi connectivity index (χ3v) is 3.94. The maximum Gasteiger partial charge on any atom is 0.0418 e. The molecule has 1 aromatic heterocycles. The number of fused-ring (bicyclic) bond motifs is 1. The van der Waals surface area contributed by atoms with Crippen LogP contribution in [0.4, 0.5) is 5.69 Å². The second-order valence-electron chi connectivity index (χ2n) is 5.37. The maximum atomic E-state index is 4.18. The van der Waals surface area contributed by atoms with Gasteiger partial charge in [0.05, 0.1) is 0 Å². The summed E-state index contributed by atoms with van der Waals surface area (Å²) < 4.78 is 0. The predicted octanol–water partition coefficient (Wildman–Crippen LogP) is 3.29. The van der Waals surface area contributed by atoms with Gasteiger partial charge in [0.25, 0.3) is 0 Å². The monoisotopic (exact) mass is 267 g/mol. The molecule has 2 aromatic rings. The summed E-state index contributed by atoms with van der Waals surface area (Å²) in [5, 5.41) is 7.13. The average molecular weight is 267 g/mol. The third kappa shape index (κ3) is 2.83. The van der Waals surface area contributed by atoms with Gasteiger partial charge in [-0.3, -0.25) is 4.98 Å². The number of benzene rings is 1. The first-order valence-corrected chi connectivity index (χ1v) is 7.32. The van der Waals surface area contributed by atoms with Gasteiger partial charge in [0.15, 0.2) is 0 Å². The Kier molecular flexibility index (Phi) is 3.97. The highest BCUT2D eigenvalue weighted by atomic mass is 14.9. The summed E-state index contributed by atoms with van der Waals surface area (Å²) in [6, 6.07) is 11.0. The van der Waals surface area contributed by atoms with Crippen molar-refractivity contribution in [1.29, 1.82) is 0 Å². The van der Waals surface area contributed by atoms with Gasteiger partial charge in [-0.15, -0.1) is 0 Å². The predicted molar refractivity (Wildman–Crippen MR) is 82.7 cm³/mol. The molecule has 2 N–H and O–H groups in total. The summed E-state index contributed by atoms with van der Waals surface area (Å²) in [5.74, 6) is 0. The van der Waals surface area contributed by atoms with Crippen molar-refractivity contribution in [3.63, 3.8) is 0 Å². The van der Waals surface area contributed by atoms with Crippen molar-refractivity contribution < 1.29 is 0 Å². The zero-order valence-electron chi connectivity index (χ0n) is 11.9. The standard InChI is InChI=1S/C17H21N3/c1-13(15-8-3-9-18-11-15)20-12-16-6-2-5-14-7-4-10-19-17(14)16/h2-3,5-6,8-9,11,13,19-20H,4,7,10,12H2,1H3. The van der Waals surface area contributed by atoms with E-state index >= 15 is 0 Å². The molecule has 0 amide bonds. The largest absolute Gasteiger partial charge is 0.385 e. The van der Waals surface area contributed by atoms with Gasteiger partial charge in [0.2, 0.25) is 0 Å². The molecule has 1 unspecified atom stereocenters. The molecule has 0 bridgehead atoms. The van der Waals surface area contributed by atoms with Crippen LogP contribution < -0.4 is 10.6 Å². The topological polar surface area (TPSA) is 37.0 Å². The van der Waals surface area contributed by atoms with Crippen molar-refractivity contribution in [2.75, 3.05) is 11.9 Å². The Hall–Kier alpha value is -1.87. The van der Waals surface area contributed by atoms with E-state index in [2.05, 4.69) is 46.8 Å². The van der Waals surface area contributed by atoms with Crippen molar-refractivity contribution >= 4 is 5.69 Å². The number of aryl methyl sites for hydroxylation is 1. The van der Waals surface area contributed by atoms with Crippen LogP contribution >= 0.6 is 0 Å². The molecule has 3 nitrogen and oxygen atoms in total. The van der Waals surface area contributed by atoms with Gasteiger partial charge in [-0.05, 0) is 42.5 Å². The number of aromatic nitrogens is 1. The number of anilines is 1. The summed E-state index contributed by atoms with van der Waals surface area (Å²) >= 11 is 0. The van der Waals surface area contributed by atoms with E-state index < -0.39 is 0 Å². The number of rotatable bonds is 4. The van der Waals surface area contributed by atoms with E-state index in [1.54, 1.807) is 0 Å². The van der Waals surface area contributed by atoms with Gasteiger partial charge in [0.1, 0.15) is 0 Å². The minimum Gasteiger partial charge on any atom is -0.385 e. The number of nitrogens with one attached hydrogen (secondary N) is 2. The van der Waals surface area contributed by atoms with Crippen molar-refractivity contribution in [3.8, 4) is 0 Å². The van der Waals surface area contributed by atoms with E-state index in [0.29, 0.717) is 6.04 Å². The van der Waals surface area contributed by atoms with Crippen LogP contribution in [0, 0.1) is 0 Å². The van der Waals surface area contributed by atoms with E-state index in [4.69, 9.17) is 0 Å². The second kappa shape index (κ2) is 6.06. The van der Waals surface area contributed by atoms with Crippen molar-refractivity contribution in [2.24, 2.45) is 0 Å². The molecule has 0 radical (unpaired) electrons. The Bertz CT molecular complexity index is 566. The SMILES string of the molecule is CC(NCc1cccc2c1NCCC2)c1cccnc1. The normalized spacial score (nSPS) is 15.2. The molecule has 1 atom stereocenters. The quantitative estimate of drug-likeness (QED) is 0.892. The Morgan fingerprint density at radius 2 is 2.25 bits per heavy atom. The number of hydrogen-bond acceptors (Lipinski definition) is 3. The first-order chi connectivity index (χ1) is 9.84. The van der Waals surface area contributed by atoms with Gasteiger partial charge < -0.3 is 10.6 Å². The molecular weight excluding hydrogens is 246 g/mol. The Labute approximate surface area is 120 Å². The van der Waals surface area contributed by atoms with Crippen LogP contribution in [-0.2, 0) is 13.0 Å². The number of para-hydroxylation sites is 1. The lowest BCUT2D eigenvalue weighted by atomic mass is 9.99. The summed E-state index contributed by atoms with van der Waals surface area (Å²) in [6.45, 7) is 4.15. The van der Waals surface area contributed by atoms with Crippen LogP contribution in [-0.4, -0.2) is 11.5 Å². The van der Waals surface area contributed by atoms with Gasteiger partial charge >= 0.3 is 0 Å². The lowest BCUT2D eigenvalue weighted by Crippen LogP contribution is -2.21. The molecule has 2 heterocycles. The van der Waals surface area contributed by atoms with Crippen molar-refractivity contribution in [1.82, 2.24) is 10.3 Å². The summed E-state index contributed by atoms with van der Waals surface area (Å²) in [5.41, 5.74) is 5.37. The van der Waals surface area contributed by atoms with Gasteiger partial charge in [-0.25, -0.2) is 0 Å². The first kappa shape index (κ1) is 13.1. The van der Waals surface area contributed by atoms with Crippen LogP contribution in [0.1, 0.15) is 36.1 Å². The lowest BCUT2D eigenvalue weighted by Gasteiger charge is -2.22. The molecule has 3 rings (SSSR count). The smallest absolute Gasteiger partial charge is 0.0418 e. The zero-order chi connectivity index (χ0) is 13.8. The van der Waals surface area contributed by atoms with Crippen LogP contribution in [0.5, 0.6) is 0 Å². The zero-order valence-corrected chi connectivity index (χ0v) is 11.9. The van der Waals surface area contributed by atoms with Crippen LogP contribution in [0.15, 0.2) is 42.7 Å². The fourth-order valence-electron chi connectivity index (χ4n) is 2.74. The maximum absolute atomic E-state index is 4.18. The minimum atomic E-state index is 0.308. The molecule has 0 spiro atoms. The molecule has 1 aliphatic heterocycles. The fourth-order valence-corrected chi connectivity index (χ4v) is 2.74. The molecular formula is C17H21N3. The highest BCUT2D eigenvalue weighted by Crippen LogP contribution is 2.26. The average Bonchev–Trinajstić information content (AvgIpc) is 2.53. The van der Waals surface area contributed by atoms with E-state index in [1.807, 2.05) is 18.5 Å². The molecule has 0 saturated heterocycles. The number of nitrogens with zero attached hydrogens (tertiary/aromatic N) is 1.